The summed E-state index contributed by atoms with van der Waals surface area (Å²) in [7, 11) is 0. The second-order valence-electron chi connectivity index (χ2n) is 20.9. The molecule has 6 atom stereocenters. The van der Waals surface area contributed by atoms with Crippen LogP contribution in [0, 0.1) is 11.8 Å². The number of benzene rings is 6. The third kappa shape index (κ3) is 4.92. The average Bonchev–Trinajstić information content (AvgIpc) is 3.68. The summed E-state index contributed by atoms with van der Waals surface area (Å²) in [4.78, 5) is 5.38. The van der Waals surface area contributed by atoms with Gasteiger partial charge in [0.15, 0.2) is 0 Å². The maximum absolute atomic E-state index is 2.69. The van der Waals surface area contributed by atoms with Crippen molar-refractivity contribution in [2.75, 3.05) is 9.80 Å². The Hall–Kier alpha value is -5.08. The molecule has 11 rings (SSSR count). The van der Waals surface area contributed by atoms with Crippen LogP contribution in [0.15, 0.2) is 133 Å². The minimum atomic E-state index is -0.119. The van der Waals surface area contributed by atoms with E-state index in [9.17, 15) is 0 Å². The van der Waals surface area contributed by atoms with Gasteiger partial charge >= 0.3 is 0 Å². The standard InChI is InChI=1S/C57H60N2/c1-37-27-29-54(5)49-33-41(21-25-51(49)58(56(54,7)35-37)43-15-11-9-12-16-43)39-19-23-45-46-24-20-40(32-48(46)53(3,4)47(45)31-39)42-22-26-52-50(34-42)55(6)30-28-38(2)36-57(55,8)59(52)44-17-13-10-14-18-44/h9-26,31-34,37-38H,27-30,35-36H2,1-8H3. The molecule has 2 saturated carbocycles. The molecule has 3 aliphatic carbocycles. The van der Waals surface area contributed by atoms with Crippen molar-refractivity contribution >= 4 is 22.7 Å². The lowest BCUT2D eigenvalue weighted by atomic mass is 9.59. The maximum atomic E-state index is 2.69. The molecule has 0 aromatic heterocycles. The lowest BCUT2D eigenvalue weighted by Gasteiger charge is -2.52. The molecule has 6 aromatic carbocycles. The van der Waals surface area contributed by atoms with Gasteiger partial charge < -0.3 is 9.80 Å². The predicted octanol–water partition coefficient (Wildman–Crippen LogP) is 15.3. The van der Waals surface area contributed by atoms with Crippen molar-refractivity contribution < 1.29 is 0 Å². The quantitative estimate of drug-likeness (QED) is 0.176. The summed E-state index contributed by atoms with van der Waals surface area (Å²) in [5.74, 6) is 1.42. The monoisotopic (exact) mass is 772 g/mol. The van der Waals surface area contributed by atoms with Crippen molar-refractivity contribution in [1.82, 2.24) is 0 Å². The van der Waals surface area contributed by atoms with Crippen LogP contribution in [0.3, 0.4) is 0 Å². The topological polar surface area (TPSA) is 6.48 Å². The van der Waals surface area contributed by atoms with Crippen LogP contribution in [0.4, 0.5) is 22.7 Å². The molecular formula is C57H60N2. The molecule has 298 valence electrons. The molecule has 6 aromatic rings. The van der Waals surface area contributed by atoms with Crippen molar-refractivity contribution in [2.24, 2.45) is 11.8 Å². The minimum Gasteiger partial charge on any atom is -0.334 e. The first-order valence-electron chi connectivity index (χ1n) is 22.6. The normalized spacial score (nSPS) is 29.6. The Morgan fingerprint density at radius 2 is 0.780 bits per heavy atom. The Morgan fingerprint density at radius 1 is 0.424 bits per heavy atom. The van der Waals surface area contributed by atoms with E-state index < -0.39 is 0 Å². The summed E-state index contributed by atoms with van der Waals surface area (Å²) in [5, 5.41) is 0. The SMILES string of the molecule is CC1CCC2(C)c3cc(-c4ccc5c(c4)C(C)(C)c4cc(-c6ccc7c(c6)C6(C)CCC(C)CC6(C)N7c6ccccc6)ccc4-5)ccc3N(c3ccccc3)C2(C)C1. The molecule has 2 aliphatic heterocycles. The van der Waals surface area contributed by atoms with Gasteiger partial charge in [-0.3, -0.25) is 0 Å². The number of para-hydroxylation sites is 2. The number of hydrogen-bond donors (Lipinski definition) is 0. The zero-order valence-electron chi connectivity index (χ0n) is 36.5. The number of nitrogens with zero attached hydrogens (tertiary/aromatic N) is 2. The number of anilines is 4. The molecular weight excluding hydrogens is 713 g/mol. The largest absolute Gasteiger partial charge is 0.334 e. The lowest BCUT2D eigenvalue weighted by Crippen LogP contribution is -2.56. The van der Waals surface area contributed by atoms with Gasteiger partial charge in [-0.05, 0) is 181 Å². The number of fused-ring (bicyclic) bond motifs is 9. The fraction of sp³-hybridized carbons (Fsp3) is 0.368. The van der Waals surface area contributed by atoms with Crippen LogP contribution in [-0.4, -0.2) is 11.1 Å². The van der Waals surface area contributed by atoms with Gasteiger partial charge in [0.05, 0.1) is 11.1 Å². The van der Waals surface area contributed by atoms with Gasteiger partial charge in [0, 0.05) is 39.0 Å². The maximum Gasteiger partial charge on any atom is 0.0520 e. The first-order chi connectivity index (χ1) is 28.3. The molecule has 6 unspecified atom stereocenters. The van der Waals surface area contributed by atoms with Gasteiger partial charge in [0.25, 0.3) is 0 Å². The Morgan fingerprint density at radius 3 is 1.17 bits per heavy atom. The van der Waals surface area contributed by atoms with E-state index >= 15 is 0 Å². The molecule has 0 amide bonds. The van der Waals surface area contributed by atoms with E-state index in [1.807, 2.05) is 0 Å². The number of rotatable bonds is 4. The van der Waals surface area contributed by atoms with Crippen LogP contribution >= 0.6 is 0 Å². The highest BCUT2D eigenvalue weighted by Crippen LogP contribution is 2.64. The zero-order valence-corrected chi connectivity index (χ0v) is 36.5. The highest BCUT2D eigenvalue weighted by molar-refractivity contribution is 5.88. The second kappa shape index (κ2) is 12.5. The van der Waals surface area contributed by atoms with Crippen molar-refractivity contribution in [2.45, 2.75) is 121 Å². The molecule has 59 heavy (non-hydrogen) atoms. The Balaban J connectivity index is 0.960. The zero-order chi connectivity index (χ0) is 40.7. The van der Waals surface area contributed by atoms with E-state index in [4.69, 9.17) is 0 Å². The molecule has 0 bridgehead atoms. The molecule has 2 heteroatoms. The van der Waals surface area contributed by atoms with E-state index in [0.717, 1.165) is 0 Å². The van der Waals surface area contributed by atoms with Gasteiger partial charge in [-0.25, -0.2) is 0 Å². The Labute approximate surface area is 353 Å². The van der Waals surface area contributed by atoms with Crippen molar-refractivity contribution in [3.63, 3.8) is 0 Å². The van der Waals surface area contributed by atoms with Gasteiger partial charge in [-0.2, -0.15) is 0 Å². The van der Waals surface area contributed by atoms with Gasteiger partial charge in [0.2, 0.25) is 0 Å². The molecule has 0 radical (unpaired) electrons. The van der Waals surface area contributed by atoms with Crippen LogP contribution < -0.4 is 9.80 Å². The molecule has 2 heterocycles. The molecule has 0 N–H and O–H groups in total. The summed E-state index contributed by atoms with van der Waals surface area (Å²) < 4.78 is 0. The van der Waals surface area contributed by atoms with Crippen LogP contribution in [0.2, 0.25) is 0 Å². The minimum absolute atomic E-state index is 0.0265. The van der Waals surface area contributed by atoms with E-state index in [0.29, 0.717) is 11.8 Å². The Kier molecular flexibility index (Phi) is 7.82. The van der Waals surface area contributed by atoms with E-state index in [1.54, 1.807) is 0 Å². The summed E-state index contributed by atoms with van der Waals surface area (Å²) in [6, 6.07) is 51.7. The van der Waals surface area contributed by atoms with Crippen LogP contribution in [0.25, 0.3) is 33.4 Å². The third-order valence-electron chi connectivity index (χ3n) is 17.2. The number of hydrogen-bond acceptors (Lipinski definition) is 2. The molecule has 5 aliphatic rings. The summed E-state index contributed by atoms with van der Waals surface area (Å²) in [5.41, 5.74) is 19.4. The first-order valence-corrected chi connectivity index (χ1v) is 22.6. The fourth-order valence-electron chi connectivity index (χ4n) is 13.5. The van der Waals surface area contributed by atoms with Crippen LogP contribution in [0.5, 0.6) is 0 Å². The molecule has 0 spiro atoms. The van der Waals surface area contributed by atoms with Gasteiger partial charge in [-0.1, -0.05) is 114 Å². The molecule has 2 nitrogen and oxygen atoms in total. The summed E-state index contributed by atoms with van der Waals surface area (Å²) in [6.07, 6.45) is 7.39. The van der Waals surface area contributed by atoms with Gasteiger partial charge in [-0.15, -0.1) is 0 Å². The van der Waals surface area contributed by atoms with E-state index in [-0.39, 0.29) is 27.3 Å². The average molecular weight is 773 g/mol. The van der Waals surface area contributed by atoms with Crippen LogP contribution in [-0.2, 0) is 16.2 Å². The van der Waals surface area contributed by atoms with E-state index in [1.165, 1.54) is 117 Å². The van der Waals surface area contributed by atoms with E-state index in [2.05, 4.69) is 199 Å². The molecule has 0 saturated heterocycles. The van der Waals surface area contributed by atoms with Crippen molar-refractivity contribution in [3.8, 4) is 33.4 Å². The summed E-state index contributed by atoms with van der Waals surface area (Å²) >= 11 is 0. The fourth-order valence-corrected chi connectivity index (χ4v) is 13.5. The van der Waals surface area contributed by atoms with Crippen LogP contribution in [0.1, 0.15) is 116 Å². The van der Waals surface area contributed by atoms with Gasteiger partial charge in [0.1, 0.15) is 0 Å². The smallest absolute Gasteiger partial charge is 0.0520 e. The first kappa shape index (κ1) is 37.0. The lowest BCUT2D eigenvalue weighted by molar-refractivity contribution is 0.154. The van der Waals surface area contributed by atoms with Crippen molar-refractivity contribution in [1.29, 1.82) is 0 Å². The molecule has 2 fully saturated rings. The summed E-state index contributed by atoms with van der Waals surface area (Å²) in [6.45, 7) is 20.0. The van der Waals surface area contributed by atoms with Crippen molar-refractivity contribution in [3.05, 3.63) is 156 Å². The highest BCUT2D eigenvalue weighted by atomic mass is 15.3. The second-order valence-corrected chi connectivity index (χ2v) is 20.9. The third-order valence-corrected chi connectivity index (χ3v) is 17.2. The highest BCUT2D eigenvalue weighted by Gasteiger charge is 2.60. The Bertz CT molecular complexity index is 2480. The predicted molar refractivity (Wildman–Crippen MR) is 250 cm³/mol.